The molecule has 9 rings (SSSR count). The largest absolute Gasteiger partial charge is 0.506 e. The Hall–Kier alpha value is -5.20. The van der Waals surface area contributed by atoms with E-state index < -0.39 is 14.4 Å². The Morgan fingerprint density at radius 1 is 0.951 bits per heavy atom. The number of nitrogens with zero attached hydrogens (tertiary/aromatic N) is 3. The highest BCUT2D eigenvalue weighted by atomic mass is 28.4. The van der Waals surface area contributed by atoms with E-state index >= 15 is 0 Å². The Bertz CT molecular complexity index is 2550. The second-order valence-electron chi connectivity index (χ2n) is 18.7. The third kappa shape index (κ3) is 9.21. The van der Waals surface area contributed by atoms with Gasteiger partial charge in [-0.25, -0.2) is 4.79 Å². The molecule has 5 heterocycles. The Labute approximate surface area is 360 Å². The molecule has 0 unspecified atom stereocenters. The van der Waals surface area contributed by atoms with Crippen molar-refractivity contribution >= 4 is 41.9 Å². The van der Waals surface area contributed by atoms with Crippen molar-refractivity contribution in [2.24, 2.45) is 5.92 Å². The molecule has 6 aromatic rings. The van der Waals surface area contributed by atoms with Crippen molar-refractivity contribution in [1.29, 1.82) is 0 Å². The molecule has 4 N–H and O–H groups in total. The van der Waals surface area contributed by atoms with Gasteiger partial charge in [-0.3, -0.25) is 9.69 Å². The highest BCUT2D eigenvalue weighted by Gasteiger charge is 2.41. The summed E-state index contributed by atoms with van der Waals surface area (Å²) < 4.78 is 9.34. The quantitative estimate of drug-likeness (QED) is 0.0600. The van der Waals surface area contributed by atoms with Crippen LogP contribution in [0.1, 0.15) is 69.2 Å². The standard InChI is InChI=1S/C50H61N5O5Si/c1-50(2,3)61(4,5)60-46(40-17-20-45(56)48-41(40)18-21-47(57)52-48)32-51-31-35-15-19-42-38(29-35)24-28-54(42)25-10-9-11-34-14-16-39(36-12-7-6-8-13-36)43(30-34)55(49(58)59)44-33-53-26-22-37(44)23-27-53/h6-8,12-21,24,28-30,37,44,46,51,56H,9-11,22-23,25-27,31-33H2,1-5H3,(H,52,57)(H,58,59)/t44-,46+/m0/s1. The fourth-order valence-corrected chi connectivity index (χ4v) is 10.5. The number of rotatable bonds is 15. The van der Waals surface area contributed by atoms with Gasteiger partial charge < -0.3 is 34.4 Å². The summed E-state index contributed by atoms with van der Waals surface area (Å²) >= 11 is 0. The number of amides is 1. The summed E-state index contributed by atoms with van der Waals surface area (Å²) in [6.07, 6.45) is 6.01. The first kappa shape index (κ1) is 42.5. The highest BCUT2D eigenvalue weighted by Crippen LogP contribution is 2.42. The number of aryl methyl sites for hydroxylation is 2. The fourth-order valence-electron chi connectivity index (χ4n) is 9.24. The lowest BCUT2D eigenvalue weighted by atomic mass is 9.82. The van der Waals surface area contributed by atoms with Crippen molar-refractivity contribution in [3.8, 4) is 16.9 Å². The molecule has 1 amide bonds. The molecule has 3 saturated heterocycles. The van der Waals surface area contributed by atoms with Crippen LogP contribution in [0.2, 0.25) is 18.1 Å². The minimum Gasteiger partial charge on any atom is -0.506 e. The van der Waals surface area contributed by atoms with Crippen LogP contribution in [0.3, 0.4) is 0 Å². The molecule has 3 fully saturated rings. The molecular weight excluding hydrogens is 779 g/mol. The number of fused-ring (bicyclic) bond motifs is 5. The second-order valence-corrected chi connectivity index (χ2v) is 23.5. The Balaban J connectivity index is 0.924. The van der Waals surface area contributed by atoms with Gasteiger partial charge in [0.15, 0.2) is 8.32 Å². The number of hydrogen-bond donors (Lipinski definition) is 4. The number of carbonyl (C=O) groups is 1. The maximum Gasteiger partial charge on any atom is 0.412 e. The van der Waals surface area contributed by atoms with Crippen LogP contribution in [-0.4, -0.2) is 71.3 Å². The molecule has 61 heavy (non-hydrogen) atoms. The summed E-state index contributed by atoms with van der Waals surface area (Å²) in [6.45, 7) is 16.2. The van der Waals surface area contributed by atoms with Gasteiger partial charge >= 0.3 is 6.09 Å². The second kappa shape index (κ2) is 17.6. The van der Waals surface area contributed by atoms with E-state index in [-0.39, 0.29) is 28.5 Å². The van der Waals surface area contributed by atoms with E-state index in [0.717, 1.165) is 86.0 Å². The van der Waals surface area contributed by atoms with Crippen molar-refractivity contribution in [2.45, 2.75) is 96.2 Å². The molecule has 4 aromatic carbocycles. The summed E-state index contributed by atoms with van der Waals surface area (Å²) in [5, 5.41) is 26.9. The van der Waals surface area contributed by atoms with Gasteiger partial charge in [-0.2, -0.15) is 0 Å². The number of H-pyrrole nitrogens is 1. The first-order valence-corrected chi connectivity index (χ1v) is 24.9. The summed E-state index contributed by atoms with van der Waals surface area (Å²) in [7, 11) is -2.20. The fraction of sp³-hybridized carbons (Fsp3) is 0.400. The number of aromatic nitrogens is 2. The number of anilines is 1. The molecule has 11 heteroatoms. The van der Waals surface area contributed by atoms with Gasteiger partial charge in [0.2, 0.25) is 5.56 Å². The van der Waals surface area contributed by atoms with Crippen LogP contribution in [-0.2, 0) is 23.9 Å². The van der Waals surface area contributed by atoms with Crippen molar-refractivity contribution in [3.63, 3.8) is 0 Å². The van der Waals surface area contributed by atoms with E-state index in [1.54, 1.807) is 17.0 Å². The first-order chi connectivity index (χ1) is 29.3. The smallest absolute Gasteiger partial charge is 0.412 e. The molecule has 10 nitrogen and oxygen atoms in total. The van der Waals surface area contributed by atoms with Crippen LogP contribution in [0.5, 0.6) is 5.75 Å². The van der Waals surface area contributed by atoms with Crippen LogP contribution in [0.15, 0.2) is 108 Å². The molecule has 0 aliphatic carbocycles. The van der Waals surface area contributed by atoms with Gasteiger partial charge in [-0.05, 0) is 133 Å². The molecule has 2 bridgehead atoms. The number of unbranched alkanes of at least 4 members (excludes halogenated alkanes) is 1. The SMILES string of the molecule is CC(C)(C)[Si](C)(C)O[C@H](CNCc1ccc2c(ccn2CCCCc2ccc(-c3ccccc3)c(N(C(=O)O)[C@H]3CN4CCC3CC4)c2)c1)c1ccc(O)c2[nH]c(=O)ccc12. The Morgan fingerprint density at radius 2 is 1.72 bits per heavy atom. The van der Waals surface area contributed by atoms with E-state index in [2.05, 4.69) is 114 Å². The number of phenolic OH excluding ortho intramolecular Hbond substituents is 1. The zero-order valence-corrected chi connectivity index (χ0v) is 37.3. The van der Waals surface area contributed by atoms with E-state index in [1.807, 2.05) is 24.3 Å². The van der Waals surface area contributed by atoms with E-state index in [9.17, 15) is 19.8 Å². The minimum atomic E-state index is -2.20. The number of carboxylic acid groups (broad SMARTS) is 1. The van der Waals surface area contributed by atoms with E-state index in [4.69, 9.17) is 4.43 Å². The molecule has 0 saturated carbocycles. The molecule has 320 valence electrons. The normalized spacial score (nSPS) is 18.5. The minimum absolute atomic E-state index is 0.00129. The molecule has 2 atom stereocenters. The van der Waals surface area contributed by atoms with Crippen LogP contribution in [0.4, 0.5) is 10.5 Å². The van der Waals surface area contributed by atoms with Crippen LogP contribution >= 0.6 is 0 Å². The van der Waals surface area contributed by atoms with E-state index in [1.165, 1.54) is 28.1 Å². The summed E-state index contributed by atoms with van der Waals surface area (Å²) in [5.41, 5.74) is 7.48. The Morgan fingerprint density at radius 3 is 2.44 bits per heavy atom. The van der Waals surface area contributed by atoms with Gasteiger partial charge in [-0.15, -0.1) is 0 Å². The van der Waals surface area contributed by atoms with Crippen molar-refractivity contribution in [3.05, 3.63) is 130 Å². The number of aromatic amines is 1. The molecular formula is C50H61N5O5Si. The van der Waals surface area contributed by atoms with Gasteiger partial charge in [0.1, 0.15) is 5.75 Å². The average Bonchev–Trinajstić information content (AvgIpc) is 3.65. The first-order valence-electron chi connectivity index (χ1n) is 22.0. The van der Waals surface area contributed by atoms with Gasteiger partial charge in [0.05, 0.1) is 23.3 Å². The van der Waals surface area contributed by atoms with Gasteiger partial charge in [0.25, 0.3) is 0 Å². The van der Waals surface area contributed by atoms with Gasteiger partial charge in [-0.1, -0.05) is 75.4 Å². The van der Waals surface area contributed by atoms with Crippen LogP contribution in [0.25, 0.3) is 32.9 Å². The maximum atomic E-state index is 13.0. The van der Waals surface area contributed by atoms with Crippen LogP contribution < -0.4 is 15.8 Å². The van der Waals surface area contributed by atoms with Crippen LogP contribution in [0, 0.1) is 5.92 Å². The number of pyridine rings is 1. The summed E-state index contributed by atoms with van der Waals surface area (Å²) in [4.78, 5) is 32.1. The summed E-state index contributed by atoms with van der Waals surface area (Å²) in [5.74, 6) is 0.436. The molecule has 2 aromatic heterocycles. The molecule has 0 spiro atoms. The van der Waals surface area contributed by atoms with Crippen molar-refractivity contribution in [2.75, 3.05) is 31.1 Å². The number of hydrogen-bond acceptors (Lipinski definition) is 6. The lowest BCUT2D eigenvalue weighted by Crippen LogP contribution is -2.59. The number of benzene rings is 4. The molecule has 0 radical (unpaired) electrons. The topological polar surface area (TPSA) is 123 Å². The average molecular weight is 840 g/mol. The molecule has 3 aliphatic heterocycles. The van der Waals surface area contributed by atoms with Gasteiger partial charge in [0, 0.05) is 54.9 Å². The number of phenols is 1. The zero-order chi connectivity index (χ0) is 42.9. The number of nitrogens with one attached hydrogen (secondary N) is 2. The number of aromatic hydroxyl groups is 1. The lowest BCUT2D eigenvalue weighted by Gasteiger charge is -2.48. The monoisotopic (exact) mass is 839 g/mol. The third-order valence-corrected chi connectivity index (χ3v) is 18.2. The number of piperidine rings is 3. The summed E-state index contributed by atoms with van der Waals surface area (Å²) in [6, 6.07) is 32.3. The predicted octanol–water partition coefficient (Wildman–Crippen LogP) is 10.3. The van der Waals surface area contributed by atoms with Crippen molar-refractivity contribution < 1.29 is 19.4 Å². The van der Waals surface area contributed by atoms with Crippen molar-refractivity contribution in [1.82, 2.24) is 19.8 Å². The van der Waals surface area contributed by atoms with E-state index in [0.29, 0.717) is 24.5 Å². The zero-order valence-electron chi connectivity index (χ0n) is 36.3. The Kier molecular flexibility index (Phi) is 12.3. The highest BCUT2D eigenvalue weighted by molar-refractivity contribution is 6.74. The lowest BCUT2D eigenvalue weighted by molar-refractivity contribution is 0.0837. The maximum absolute atomic E-state index is 13.0. The predicted molar refractivity (Wildman–Crippen MR) is 249 cm³/mol. The third-order valence-electron chi connectivity index (χ3n) is 13.7. The molecule has 3 aliphatic rings.